The fourth-order valence-electron chi connectivity index (χ4n) is 2.59. The molecule has 1 fully saturated rings. The SMILES string of the molecule is c1cc(CC2CCNCC2)cc(-n2ccnn2)c1. The van der Waals surface area contributed by atoms with Crippen LogP contribution in [0.3, 0.4) is 0 Å². The van der Waals surface area contributed by atoms with E-state index in [4.69, 9.17) is 0 Å². The van der Waals surface area contributed by atoms with Gasteiger partial charge in [-0.3, -0.25) is 0 Å². The van der Waals surface area contributed by atoms with Crippen molar-refractivity contribution in [2.45, 2.75) is 19.3 Å². The number of nitrogens with one attached hydrogen (secondary N) is 1. The molecule has 1 aromatic carbocycles. The standard InChI is InChI=1S/C14H18N4/c1-2-13(10-12-4-6-15-7-5-12)11-14(3-1)18-9-8-16-17-18/h1-3,8-9,11-12,15H,4-7,10H2. The number of aromatic nitrogens is 3. The molecule has 0 atom stereocenters. The van der Waals surface area contributed by atoms with Crippen LogP contribution in [-0.2, 0) is 6.42 Å². The number of hydrogen-bond donors (Lipinski definition) is 1. The average Bonchev–Trinajstić information content (AvgIpc) is 2.94. The van der Waals surface area contributed by atoms with Gasteiger partial charge in [-0.1, -0.05) is 17.3 Å². The highest BCUT2D eigenvalue weighted by atomic mass is 15.4. The summed E-state index contributed by atoms with van der Waals surface area (Å²) in [6.07, 6.45) is 7.33. The smallest absolute Gasteiger partial charge is 0.0697 e. The normalized spacial score (nSPS) is 16.9. The molecule has 94 valence electrons. The number of rotatable bonds is 3. The highest BCUT2D eigenvalue weighted by Crippen LogP contribution is 2.19. The lowest BCUT2D eigenvalue weighted by Crippen LogP contribution is -2.28. The molecular formula is C14H18N4. The molecule has 4 heteroatoms. The molecule has 2 aromatic rings. The summed E-state index contributed by atoms with van der Waals surface area (Å²) < 4.78 is 1.81. The fraction of sp³-hybridized carbons (Fsp3) is 0.429. The highest BCUT2D eigenvalue weighted by Gasteiger charge is 2.13. The molecule has 2 heterocycles. The van der Waals surface area contributed by atoms with E-state index in [1.807, 2.05) is 10.9 Å². The van der Waals surface area contributed by atoms with E-state index in [1.54, 1.807) is 6.20 Å². The summed E-state index contributed by atoms with van der Waals surface area (Å²) >= 11 is 0. The van der Waals surface area contributed by atoms with E-state index >= 15 is 0 Å². The van der Waals surface area contributed by atoms with Crippen molar-refractivity contribution in [3.63, 3.8) is 0 Å². The molecule has 0 unspecified atom stereocenters. The number of piperidine rings is 1. The van der Waals surface area contributed by atoms with E-state index < -0.39 is 0 Å². The first-order valence-electron chi connectivity index (χ1n) is 6.58. The van der Waals surface area contributed by atoms with Crippen molar-refractivity contribution >= 4 is 0 Å². The van der Waals surface area contributed by atoms with Gasteiger partial charge in [-0.05, 0) is 56.0 Å². The van der Waals surface area contributed by atoms with Gasteiger partial charge < -0.3 is 5.32 Å². The first-order chi connectivity index (χ1) is 8.92. The van der Waals surface area contributed by atoms with E-state index in [-0.39, 0.29) is 0 Å². The Balaban J connectivity index is 1.74. The Morgan fingerprint density at radius 1 is 1.28 bits per heavy atom. The van der Waals surface area contributed by atoms with Crippen LogP contribution in [0, 0.1) is 5.92 Å². The van der Waals surface area contributed by atoms with Gasteiger partial charge in [0, 0.05) is 0 Å². The molecule has 18 heavy (non-hydrogen) atoms. The number of hydrogen-bond acceptors (Lipinski definition) is 3. The van der Waals surface area contributed by atoms with Crippen molar-refractivity contribution in [2.24, 2.45) is 5.92 Å². The molecular weight excluding hydrogens is 224 g/mol. The zero-order valence-electron chi connectivity index (χ0n) is 10.4. The summed E-state index contributed by atoms with van der Waals surface area (Å²) in [5.41, 5.74) is 2.49. The monoisotopic (exact) mass is 242 g/mol. The average molecular weight is 242 g/mol. The Kier molecular flexibility index (Phi) is 3.37. The fourth-order valence-corrected chi connectivity index (χ4v) is 2.59. The summed E-state index contributed by atoms with van der Waals surface area (Å²) in [4.78, 5) is 0. The van der Waals surface area contributed by atoms with Crippen LogP contribution in [0.2, 0.25) is 0 Å². The molecule has 0 aliphatic carbocycles. The van der Waals surface area contributed by atoms with Crippen molar-refractivity contribution in [3.05, 3.63) is 42.2 Å². The minimum atomic E-state index is 0.817. The predicted octanol–water partition coefficient (Wildman–Crippen LogP) is 1.81. The van der Waals surface area contributed by atoms with Crippen LogP contribution in [-0.4, -0.2) is 28.1 Å². The summed E-state index contributed by atoms with van der Waals surface area (Å²) in [7, 11) is 0. The van der Waals surface area contributed by atoms with Crippen molar-refractivity contribution < 1.29 is 0 Å². The quantitative estimate of drug-likeness (QED) is 0.892. The predicted molar refractivity (Wildman–Crippen MR) is 70.7 cm³/mol. The van der Waals surface area contributed by atoms with E-state index in [0.29, 0.717) is 0 Å². The van der Waals surface area contributed by atoms with Crippen molar-refractivity contribution in [2.75, 3.05) is 13.1 Å². The maximum Gasteiger partial charge on any atom is 0.0697 e. The Labute approximate surface area is 107 Å². The van der Waals surface area contributed by atoms with Gasteiger partial charge in [-0.25, -0.2) is 4.68 Å². The van der Waals surface area contributed by atoms with Crippen molar-refractivity contribution in [3.8, 4) is 5.69 Å². The van der Waals surface area contributed by atoms with Gasteiger partial charge in [0.2, 0.25) is 0 Å². The molecule has 1 saturated heterocycles. The minimum absolute atomic E-state index is 0.817. The summed E-state index contributed by atoms with van der Waals surface area (Å²) in [6.45, 7) is 2.32. The zero-order chi connectivity index (χ0) is 12.2. The summed E-state index contributed by atoms with van der Waals surface area (Å²) in [6, 6.07) is 8.60. The second kappa shape index (κ2) is 5.31. The third-order valence-electron chi connectivity index (χ3n) is 3.58. The van der Waals surface area contributed by atoms with Crippen LogP contribution in [0.4, 0.5) is 0 Å². The van der Waals surface area contributed by atoms with Crippen LogP contribution >= 0.6 is 0 Å². The van der Waals surface area contributed by atoms with Crippen LogP contribution < -0.4 is 5.32 Å². The minimum Gasteiger partial charge on any atom is -0.317 e. The van der Waals surface area contributed by atoms with E-state index in [1.165, 1.54) is 24.8 Å². The molecule has 1 aliphatic heterocycles. The van der Waals surface area contributed by atoms with Gasteiger partial charge in [-0.15, -0.1) is 5.10 Å². The lowest BCUT2D eigenvalue weighted by Gasteiger charge is -2.22. The largest absolute Gasteiger partial charge is 0.317 e. The van der Waals surface area contributed by atoms with E-state index in [2.05, 4.69) is 39.9 Å². The Morgan fingerprint density at radius 3 is 2.94 bits per heavy atom. The van der Waals surface area contributed by atoms with Crippen LogP contribution in [0.1, 0.15) is 18.4 Å². The third kappa shape index (κ3) is 2.59. The molecule has 1 aliphatic rings. The van der Waals surface area contributed by atoms with Crippen LogP contribution in [0.5, 0.6) is 0 Å². The van der Waals surface area contributed by atoms with Gasteiger partial charge in [0.1, 0.15) is 0 Å². The Morgan fingerprint density at radius 2 is 2.17 bits per heavy atom. The van der Waals surface area contributed by atoms with Crippen molar-refractivity contribution in [1.29, 1.82) is 0 Å². The molecule has 3 rings (SSSR count). The lowest BCUT2D eigenvalue weighted by molar-refractivity contribution is 0.372. The summed E-state index contributed by atoms with van der Waals surface area (Å²) in [5.74, 6) is 0.817. The third-order valence-corrected chi connectivity index (χ3v) is 3.58. The van der Waals surface area contributed by atoms with Crippen LogP contribution in [0.15, 0.2) is 36.7 Å². The molecule has 1 N–H and O–H groups in total. The molecule has 0 amide bonds. The second-order valence-corrected chi connectivity index (χ2v) is 4.92. The maximum atomic E-state index is 4.03. The molecule has 0 bridgehead atoms. The van der Waals surface area contributed by atoms with Gasteiger partial charge in [0.25, 0.3) is 0 Å². The zero-order valence-corrected chi connectivity index (χ0v) is 10.4. The van der Waals surface area contributed by atoms with Gasteiger partial charge in [-0.2, -0.15) is 0 Å². The van der Waals surface area contributed by atoms with Crippen LogP contribution in [0.25, 0.3) is 5.69 Å². The second-order valence-electron chi connectivity index (χ2n) is 4.92. The van der Waals surface area contributed by atoms with Gasteiger partial charge >= 0.3 is 0 Å². The number of benzene rings is 1. The molecule has 0 saturated carbocycles. The highest BCUT2D eigenvalue weighted by molar-refractivity contribution is 5.34. The molecule has 0 spiro atoms. The Bertz CT molecular complexity index is 486. The van der Waals surface area contributed by atoms with Gasteiger partial charge in [0.05, 0.1) is 18.1 Å². The molecule has 4 nitrogen and oxygen atoms in total. The first-order valence-corrected chi connectivity index (χ1v) is 6.58. The molecule has 0 radical (unpaired) electrons. The Hall–Kier alpha value is -1.68. The van der Waals surface area contributed by atoms with Gasteiger partial charge in [0.15, 0.2) is 0 Å². The first kappa shape index (κ1) is 11.4. The number of nitrogens with zero attached hydrogens (tertiary/aromatic N) is 3. The van der Waals surface area contributed by atoms with E-state index in [9.17, 15) is 0 Å². The summed E-state index contributed by atoms with van der Waals surface area (Å²) in [5, 5.41) is 11.3. The van der Waals surface area contributed by atoms with Crippen molar-refractivity contribution in [1.82, 2.24) is 20.3 Å². The lowest BCUT2D eigenvalue weighted by atomic mass is 9.91. The molecule has 1 aromatic heterocycles. The topological polar surface area (TPSA) is 42.7 Å². The van der Waals surface area contributed by atoms with E-state index in [0.717, 1.165) is 24.7 Å². The maximum absolute atomic E-state index is 4.03.